The lowest BCUT2D eigenvalue weighted by Gasteiger charge is -2.36. The Hall–Kier alpha value is -0.650. The highest BCUT2D eigenvalue weighted by atomic mass is 16.2. The van der Waals surface area contributed by atoms with Gasteiger partial charge in [0.25, 0.3) is 0 Å². The molecule has 0 radical (unpaired) electrons. The van der Waals surface area contributed by atoms with Crippen LogP contribution in [-0.4, -0.2) is 86.1 Å². The summed E-state index contributed by atoms with van der Waals surface area (Å²) in [5.41, 5.74) is 0. The van der Waals surface area contributed by atoms with Crippen molar-refractivity contribution < 1.29 is 4.79 Å². The minimum absolute atomic E-state index is 0.306. The summed E-state index contributed by atoms with van der Waals surface area (Å²) in [4.78, 5) is 18.9. The predicted octanol–water partition coefficient (Wildman–Crippen LogP) is -0.554. The van der Waals surface area contributed by atoms with Crippen LogP contribution in [0.3, 0.4) is 0 Å². The molecular weight excluding hydrogens is 228 g/mol. The van der Waals surface area contributed by atoms with E-state index in [4.69, 9.17) is 0 Å². The first-order chi connectivity index (χ1) is 8.79. The number of piperazine rings is 2. The van der Waals surface area contributed by atoms with Gasteiger partial charge in [0.2, 0.25) is 5.91 Å². The molecule has 5 nitrogen and oxygen atoms in total. The van der Waals surface area contributed by atoms with Gasteiger partial charge in [0.1, 0.15) is 0 Å². The van der Waals surface area contributed by atoms with Crippen LogP contribution in [-0.2, 0) is 4.79 Å². The number of hydrogen-bond acceptors (Lipinski definition) is 4. The van der Waals surface area contributed by atoms with Crippen molar-refractivity contribution in [2.24, 2.45) is 0 Å². The van der Waals surface area contributed by atoms with E-state index in [0.717, 1.165) is 52.4 Å². The molecule has 104 valence electrons. The molecule has 2 heterocycles. The molecule has 0 aromatic rings. The summed E-state index contributed by atoms with van der Waals surface area (Å²) in [6.45, 7) is 12.0. The minimum Gasteiger partial charge on any atom is -0.339 e. The molecule has 0 spiro atoms. The standard InChI is InChI=1S/C13H26N4O/c1-2-5-15-8-10-16(11-9-15)12-13(18)17-6-3-14-4-7-17/h14H,2-12H2,1H3. The Morgan fingerprint density at radius 3 is 2.22 bits per heavy atom. The first kappa shape index (κ1) is 13.8. The summed E-state index contributed by atoms with van der Waals surface area (Å²) in [6, 6.07) is 0. The fraction of sp³-hybridized carbons (Fsp3) is 0.923. The summed E-state index contributed by atoms with van der Waals surface area (Å²) in [7, 11) is 0. The number of hydrogen-bond donors (Lipinski definition) is 1. The molecule has 2 saturated heterocycles. The highest BCUT2D eigenvalue weighted by Gasteiger charge is 2.22. The number of nitrogens with one attached hydrogen (secondary N) is 1. The van der Waals surface area contributed by atoms with Crippen molar-refractivity contribution in [1.29, 1.82) is 0 Å². The molecule has 0 unspecified atom stereocenters. The predicted molar refractivity (Wildman–Crippen MR) is 72.6 cm³/mol. The Morgan fingerprint density at radius 2 is 1.61 bits per heavy atom. The topological polar surface area (TPSA) is 38.8 Å². The number of nitrogens with zero attached hydrogens (tertiary/aromatic N) is 3. The smallest absolute Gasteiger partial charge is 0.236 e. The van der Waals surface area contributed by atoms with Crippen LogP contribution in [0.5, 0.6) is 0 Å². The van der Waals surface area contributed by atoms with Crippen molar-refractivity contribution in [3.05, 3.63) is 0 Å². The molecule has 0 aromatic heterocycles. The fourth-order valence-electron chi connectivity index (χ4n) is 2.69. The van der Waals surface area contributed by atoms with E-state index in [0.29, 0.717) is 12.5 Å². The van der Waals surface area contributed by atoms with Gasteiger partial charge in [-0.25, -0.2) is 0 Å². The summed E-state index contributed by atoms with van der Waals surface area (Å²) < 4.78 is 0. The molecule has 1 amide bonds. The van der Waals surface area contributed by atoms with Crippen LogP contribution >= 0.6 is 0 Å². The molecule has 2 fully saturated rings. The molecular formula is C13H26N4O. The number of rotatable bonds is 4. The third-order valence-corrected chi connectivity index (χ3v) is 3.83. The largest absolute Gasteiger partial charge is 0.339 e. The van der Waals surface area contributed by atoms with Crippen LogP contribution in [0, 0.1) is 0 Å². The molecule has 0 atom stereocenters. The SMILES string of the molecule is CCCN1CCN(CC(=O)N2CCNCC2)CC1. The number of carbonyl (C=O) groups excluding carboxylic acids is 1. The normalized spacial score (nSPS) is 23.3. The molecule has 0 bridgehead atoms. The van der Waals surface area contributed by atoms with Gasteiger partial charge in [-0.2, -0.15) is 0 Å². The summed E-state index contributed by atoms with van der Waals surface area (Å²) in [5, 5.41) is 3.28. The zero-order valence-corrected chi connectivity index (χ0v) is 11.5. The molecule has 2 aliphatic heterocycles. The van der Waals surface area contributed by atoms with Crippen LogP contribution < -0.4 is 5.32 Å². The van der Waals surface area contributed by atoms with E-state index < -0.39 is 0 Å². The van der Waals surface area contributed by atoms with Crippen molar-refractivity contribution in [2.45, 2.75) is 13.3 Å². The van der Waals surface area contributed by atoms with Crippen molar-refractivity contribution in [3.8, 4) is 0 Å². The molecule has 2 aliphatic rings. The fourth-order valence-corrected chi connectivity index (χ4v) is 2.69. The van der Waals surface area contributed by atoms with Crippen LogP contribution in [0.2, 0.25) is 0 Å². The van der Waals surface area contributed by atoms with Gasteiger partial charge >= 0.3 is 0 Å². The van der Waals surface area contributed by atoms with Crippen LogP contribution in [0.1, 0.15) is 13.3 Å². The van der Waals surface area contributed by atoms with Crippen molar-refractivity contribution in [1.82, 2.24) is 20.0 Å². The average Bonchev–Trinajstić information content (AvgIpc) is 2.42. The average molecular weight is 254 g/mol. The molecule has 18 heavy (non-hydrogen) atoms. The Labute approximate surface area is 110 Å². The lowest BCUT2D eigenvalue weighted by molar-refractivity contribution is -0.133. The van der Waals surface area contributed by atoms with Crippen molar-refractivity contribution in [2.75, 3.05) is 65.4 Å². The van der Waals surface area contributed by atoms with E-state index in [9.17, 15) is 4.79 Å². The van der Waals surface area contributed by atoms with E-state index in [1.165, 1.54) is 13.0 Å². The van der Waals surface area contributed by atoms with Gasteiger partial charge in [-0.1, -0.05) is 6.92 Å². The molecule has 5 heteroatoms. The molecule has 0 saturated carbocycles. The van der Waals surface area contributed by atoms with Crippen LogP contribution in [0.25, 0.3) is 0 Å². The second kappa shape index (κ2) is 7.07. The van der Waals surface area contributed by atoms with Gasteiger partial charge in [-0.05, 0) is 13.0 Å². The van der Waals surface area contributed by atoms with Crippen LogP contribution in [0.15, 0.2) is 0 Å². The Bertz CT molecular complexity index is 258. The number of amides is 1. The molecule has 2 rings (SSSR count). The van der Waals surface area contributed by atoms with Gasteiger partial charge < -0.3 is 15.1 Å². The number of carbonyl (C=O) groups is 1. The highest BCUT2D eigenvalue weighted by molar-refractivity contribution is 5.78. The quantitative estimate of drug-likeness (QED) is 0.730. The maximum atomic E-state index is 12.1. The Morgan fingerprint density at radius 1 is 1.00 bits per heavy atom. The maximum Gasteiger partial charge on any atom is 0.236 e. The highest BCUT2D eigenvalue weighted by Crippen LogP contribution is 2.04. The zero-order valence-electron chi connectivity index (χ0n) is 11.5. The monoisotopic (exact) mass is 254 g/mol. The summed E-state index contributed by atoms with van der Waals surface area (Å²) in [5.74, 6) is 0.306. The van der Waals surface area contributed by atoms with Crippen LogP contribution in [0.4, 0.5) is 0 Å². The lowest BCUT2D eigenvalue weighted by atomic mass is 10.2. The van der Waals surface area contributed by atoms with E-state index in [1.807, 2.05) is 4.90 Å². The Kier molecular flexibility index (Phi) is 5.41. The molecule has 1 N–H and O–H groups in total. The summed E-state index contributed by atoms with van der Waals surface area (Å²) >= 11 is 0. The summed E-state index contributed by atoms with van der Waals surface area (Å²) in [6.07, 6.45) is 1.22. The first-order valence-electron chi connectivity index (χ1n) is 7.23. The second-order valence-electron chi connectivity index (χ2n) is 5.25. The van der Waals surface area contributed by atoms with Gasteiger partial charge in [-0.3, -0.25) is 9.69 Å². The van der Waals surface area contributed by atoms with E-state index in [2.05, 4.69) is 22.0 Å². The van der Waals surface area contributed by atoms with Gasteiger partial charge in [0.05, 0.1) is 6.54 Å². The molecule has 0 aliphatic carbocycles. The second-order valence-corrected chi connectivity index (χ2v) is 5.25. The minimum atomic E-state index is 0.306. The first-order valence-corrected chi connectivity index (χ1v) is 7.23. The third kappa shape index (κ3) is 3.93. The maximum absolute atomic E-state index is 12.1. The lowest BCUT2D eigenvalue weighted by Crippen LogP contribution is -2.53. The van der Waals surface area contributed by atoms with E-state index in [-0.39, 0.29) is 0 Å². The van der Waals surface area contributed by atoms with E-state index in [1.54, 1.807) is 0 Å². The van der Waals surface area contributed by atoms with Crippen molar-refractivity contribution in [3.63, 3.8) is 0 Å². The van der Waals surface area contributed by atoms with Crippen molar-refractivity contribution >= 4 is 5.91 Å². The zero-order chi connectivity index (χ0) is 12.8. The van der Waals surface area contributed by atoms with E-state index >= 15 is 0 Å². The van der Waals surface area contributed by atoms with Gasteiger partial charge in [0, 0.05) is 52.4 Å². The molecule has 0 aromatic carbocycles. The van der Waals surface area contributed by atoms with Gasteiger partial charge in [0.15, 0.2) is 0 Å². The van der Waals surface area contributed by atoms with Gasteiger partial charge in [-0.15, -0.1) is 0 Å². The Balaban J connectivity index is 1.68. The third-order valence-electron chi connectivity index (χ3n) is 3.83.